The Kier molecular flexibility index (Phi) is 13.4. The summed E-state index contributed by atoms with van der Waals surface area (Å²) < 4.78 is 0. The van der Waals surface area contributed by atoms with E-state index in [0.717, 1.165) is 5.75 Å². The zero-order valence-corrected chi connectivity index (χ0v) is 11.4. The zero-order valence-electron chi connectivity index (χ0n) is 9.70. The normalized spacial score (nSPS) is 13.2. The first-order valence-electron chi connectivity index (χ1n) is 4.93. The first-order valence-corrected chi connectivity index (χ1v) is 6.96. The lowest BCUT2D eigenvalue weighted by molar-refractivity contribution is -0.139. The summed E-state index contributed by atoms with van der Waals surface area (Å²) in [5.41, 5.74) is 10.3. The van der Waals surface area contributed by atoms with E-state index in [-0.39, 0.29) is 0 Å². The first-order chi connectivity index (χ1) is 7.86. The van der Waals surface area contributed by atoms with Crippen LogP contribution in [0.5, 0.6) is 0 Å². The molecule has 102 valence electrons. The fraction of sp³-hybridized carbons (Fsp3) is 0.778. The summed E-state index contributed by atoms with van der Waals surface area (Å²) in [7, 11) is 0. The quantitative estimate of drug-likeness (QED) is 0.412. The van der Waals surface area contributed by atoms with E-state index in [2.05, 4.69) is 12.6 Å². The minimum atomic E-state index is -0.959. The number of hydrogen-bond donors (Lipinski definition) is 5. The molecule has 0 aliphatic carbocycles. The van der Waals surface area contributed by atoms with Crippen LogP contribution in [0.1, 0.15) is 12.8 Å². The zero-order chi connectivity index (χ0) is 13.8. The number of hydrogen-bond acceptors (Lipinski definition) is 6. The van der Waals surface area contributed by atoms with Gasteiger partial charge in [0.05, 0.1) is 0 Å². The molecule has 0 aliphatic rings. The van der Waals surface area contributed by atoms with E-state index < -0.39 is 24.0 Å². The molecule has 0 saturated carbocycles. The van der Waals surface area contributed by atoms with Gasteiger partial charge in [-0.1, -0.05) is 0 Å². The minimum absolute atomic E-state index is 0.429. The molecular formula is C9H20N2O4S2. The van der Waals surface area contributed by atoms with Gasteiger partial charge in [-0.2, -0.15) is 24.4 Å². The molecule has 6 nitrogen and oxygen atoms in total. The van der Waals surface area contributed by atoms with Crippen LogP contribution in [0, 0.1) is 0 Å². The van der Waals surface area contributed by atoms with Crippen molar-refractivity contribution in [3.63, 3.8) is 0 Å². The van der Waals surface area contributed by atoms with Crippen molar-refractivity contribution >= 4 is 36.3 Å². The van der Waals surface area contributed by atoms with Crippen LogP contribution >= 0.6 is 24.4 Å². The smallest absolute Gasteiger partial charge is 0.320 e. The van der Waals surface area contributed by atoms with Gasteiger partial charge in [-0.25, -0.2) is 0 Å². The molecule has 0 spiro atoms. The molecule has 0 aromatic heterocycles. The lowest BCUT2D eigenvalue weighted by Gasteiger charge is -2.02. The van der Waals surface area contributed by atoms with Crippen molar-refractivity contribution in [3.05, 3.63) is 0 Å². The lowest BCUT2D eigenvalue weighted by atomic mass is 10.2. The average Bonchev–Trinajstić information content (AvgIpc) is 2.26. The highest BCUT2D eigenvalue weighted by atomic mass is 32.2. The Balaban J connectivity index is 0. The van der Waals surface area contributed by atoms with Crippen molar-refractivity contribution in [1.82, 2.24) is 0 Å². The predicted molar refractivity (Wildman–Crippen MR) is 72.7 cm³/mol. The summed E-state index contributed by atoms with van der Waals surface area (Å²) in [6, 6.07) is -1.43. The lowest BCUT2D eigenvalue weighted by Crippen LogP contribution is -2.30. The van der Waals surface area contributed by atoms with Crippen molar-refractivity contribution in [2.75, 3.05) is 17.8 Å². The maximum absolute atomic E-state index is 10.1. The molecule has 6 N–H and O–H groups in total. The second kappa shape index (κ2) is 12.0. The fourth-order valence-electron chi connectivity index (χ4n) is 0.631. The summed E-state index contributed by atoms with van der Waals surface area (Å²) >= 11 is 5.42. The summed E-state index contributed by atoms with van der Waals surface area (Å²) in [5.74, 6) is -0.538. The number of carboxylic acid groups (broad SMARTS) is 2. The van der Waals surface area contributed by atoms with Gasteiger partial charge in [-0.05, 0) is 30.6 Å². The van der Waals surface area contributed by atoms with Gasteiger partial charge in [0.2, 0.25) is 0 Å². The molecule has 0 saturated heterocycles. The second-order valence-corrected chi connectivity index (χ2v) is 4.62. The molecule has 0 fully saturated rings. The monoisotopic (exact) mass is 284 g/mol. The van der Waals surface area contributed by atoms with E-state index in [1.165, 1.54) is 0 Å². The van der Waals surface area contributed by atoms with E-state index in [1.807, 2.05) is 6.26 Å². The molecule has 0 radical (unpaired) electrons. The van der Waals surface area contributed by atoms with Gasteiger partial charge >= 0.3 is 11.9 Å². The van der Waals surface area contributed by atoms with Crippen molar-refractivity contribution in [2.24, 2.45) is 11.5 Å². The molecule has 0 rings (SSSR count). The van der Waals surface area contributed by atoms with Gasteiger partial charge in [-0.3, -0.25) is 9.59 Å². The average molecular weight is 284 g/mol. The Morgan fingerprint density at radius 3 is 1.82 bits per heavy atom. The highest BCUT2D eigenvalue weighted by Crippen LogP contribution is 1.97. The van der Waals surface area contributed by atoms with Crippen molar-refractivity contribution in [2.45, 2.75) is 24.9 Å². The molecule has 0 amide bonds. The largest absolute Gasteiger partial charge is 0.480 e. The van der Waals surface area contributed by atoms with Crippen LogP contribution in [0.3, 0.4) is 0 Å². The first kappa shape index (κ1) is 18.9. The Morgan fingerprint density at radius 1 is 1.18 bits per heavy atom. The third-order valence-electron chi connectivity index (χ3n) is 1.71. The second-order valence-electron chi connectivity index (χ2n) is 3.18. The van der Waals surface area contributed by atoms with Crippen LogP contribution in [0.15, 0.2) is 0 Å². The molecule has 0 aliphatic heterocycles. The summed E-state index contributed by atoms with van der Waals surface area (Å²) in [5, 5.41) is 16.4. The van der Waals surface area contributed by atoms with E-state index in [0.29, 0.717) is 18.6 Å². The van der Waals surface area contributed by atoms with Gasteiger partial charge in [0, 0.05) is 0 Å². The number of carboxylic acids is 2. The van der Waals surface area contributed by atoms with Crippen LogP contribution in [-0.4, -0.2) is 52.0 Å². The molecular weight excluding hydrogens is 264 g/mol. The predicted octanol–water partition coefficient (Wildman–Crippen LogP) is -0.130. The van der Waals surface area contributed by atoms with E-state index >= 15 is 0 Å². The Morgan fingerprint density at radius 2 is 1.59 bits per heavy atom. The molecule has 0 aromatic rings. The number of aliphatic carboxylic acids is 2. The molecule has 8 heteroatoms. The molecule has 0 unspecified atom stereocenters. The van der Waals surface area contributed by atoms with Gasteiger partial charge < -0.3 is 21.7 Å². The standard InChI is InChI=1S/C5H11NO2S.C4H9NO2S/c1-9-3-2-4(6)5(7)8;5-3(1-2-8)4(6)7/h4H,2-3,6H2,1H3,(H,7,8);3,8H,1-2,5H2,(H,6,7)/t4-;3-/m00/s1. The van der Waals surface area contributed by atoms with E-state index in [4.69, 9.17) is 21.7 Å². The van der Waals surface area contributed by atoms with Gasteiger partial charge in [0.1, 0.15) is 12.1 Å². The highest BCUT2D eigenvalue weighted by molar-refractivity contribution is 7.98. The third kappa shape index (κ3) is 13.5. The van der Waals surface area contributed by atoms with E-state index in [9.17, 15) is 9.59 Å². The van der Waals surface area contributed by atoms with Crippen LogP contribution in [0.25, 0.3) is 0 Å². The van der Waals surface area contributed by atoms with Gasteiger partial charge in [0.15, 0.2) is 0 Å². The summed E-state index contributed by atoms with van der Waals surface area (Å²) in [6.45, 7) is 0. The maximum Gasteiger partial charge on any atom is 0.320 e. The number of thioether (sulfide) groups is 1. The number of carbonyl (C=O) groups is 2. The van der Waals surface area contributed by atoms with Crippen LogP contribution in [-0.2, 0) is 9.59 Å². The highest BCUT2D eigenvalue weighted by Gasteiger charge is 2.09. The van der Waals surface area contributed by atoms with Crippen molar-refractivity contribution in [3.8, 4) is 0 Å². The Bertz CT molecular complexity index is 229. The minimum Gasteiger partial charge on any atom is -0.480 e. The van der Waals surface area contributed by atoms with Gasteiger partial charge in [0.25, 0.3) is 0 Å². The Labute approximate surface area is 111 Å². The third-order valence-corrected chi connectivity index (χ3v) is 2.61. The van der Waals surface area contributed by atoms with Crippen molar-refractivity contribution < 1.29 is 19.8 Å². The Hall–Kier alpha value is -0.440. The molecule has 2 atom stereocenters. The molecule has 0 aromatic carbocycles. The molecule has 0 heterocycles. The molecule has 17 heavy (non-hydrogen) atoms. The van der Waals surface area contributed by atoms with Crippen molar-refractivity contribution in [1.29, 1.82) is 0 Å². The SMILES string of the molecule is CSCC[C@H](N)C(=O)O.N[C@@H](CCS)C(=O)O. The fourth-order valence-corrected chi connectivity index (χ4v) is 1.40. The van der Waals surface area contributed by atoms with Crippen LogP contribution in [0.4, 0.5) is 0 Å². The van der Waals surface area contributed by atoms with Crippen LogP contribution < -0.4 is 11.5 Å². The van der Waals surface area contributed by atoms with Gasteiger partial charge in [-0.15, -0.1) is 0 Å². The number of nitrogens with two attached hydrogens (primary N) is 2. The topological polar surface area (TPSA) is 127 Å². The van der Waals surface area contributed by atoms with Crippen LogP contribution in [0.2, 0.25) is 0 Å². The maximum atomic E-state index is 10.1. The molecule has 0 bridgehead atoms. The number of thiol groups is 1. The summed E-state index contributed by atoms with van der Waals surface area (Å²) in [4.78, 5) is 20.0. The van der Waals surface area contributed by atoms with E-state index in [1.54, 1.807) is 11.8 Å². The number of rotatable bonds is 7. The summed E-state index contributed by atoms with van der Waals surface area (Å²) in [6.07, 6.45) is 2.91.